The Labute approximate surface area is 634 Å². The van der Waals surface area contributed by atoms with Crippen molar-refractivity contribution in [1.82, 2.24) is 0 Å². The van der Waals surface area contributed by atoms with E-state index in [9.17, 15) is 142 Å². The summed E-state index contributed by atoms with van der Waals surface area (Å²) in [5.74, 6) is -10.8. The molecule has 2 saturated heterocycles. The third kappa shape index (κ3) is 27.1. The van der Waals surface area contributed by atoms with Gasteiger partial charge in [0.1, 0.15) is 23.9 Å². The lowest BCUT2D eigenvalue weighted by atomic mass is 9.75. The Morgan fingerprint density at radius 2 is 0.973 bits per heavy atom. The molecule has 2 aliphatic heterocycles. The van der Waals surface area contributed by atoms with Crippen LogP contribution in [0, 0.1) is 50.7 Å². The second-order valence-corrected chi connectivity index (χ2v) is 33.3. The van der Waals surface area contributed by atoms with E-state index in [1.54, 1.807) is 34.6 Å². The molecule has 5 aliphatic rings. The first kappa shape index (κ1) is 107. The predicted octanol–water partition coefficient (Wildman–Crippen LogP) is 17.9. The maximum atomic E-state index is 14.4. The molecular formula is C72H115F21O18. The molecule has 39 heteroatoms. The van der Waals surface area contributed by atoms with E-state index in [0.29, 0.717) is 57.8 Å². The molecule has 0 aromatic heterocycles. The molecule has 111 heavy (non-hydrogen) atoms. The summed E-state index contributed by atoms with van der Waals surface area (Å²) in [6, 6.07) is 0. The summed E-state index contributed by atoms with van der Waals surface area (Å²) in [5, 5.41) is 48.1. The molecule has 0 aromatic rings. The van der Waals surface area contributed by atoms with Crippen LogP contribution < -0.4 is 0 Å². The molecule has 658 valence electrons. The Hall–Kier alpha value is -4.44. The number of hydrogen-bond donors (Lipinski definition) is 5. The molecule has 2 heterocycles. The number of hydrogen-bond acceptors (Lipinski definition) is 18. The summed E-state index contributed by atoms with van der Waals surface area (Å²) < 4.78 is 310. The van der Waals surface area contributed by atoms with Gasteiger partial charge in [0, 0.05) is 18.8 Å². The lowest BCUT2D eigenvalue weighted by molar-refractivity contribution is -0.493. The number of esters is 5. The Morgan fingerprint density at radius 1 is 0.541 bits per heavy atom. The standard InChI is InChI=1S/C15H25F3O3.C14H21F5O4.C13H19F5O5.C12H19F5O3.C11H17F3O.C7H14O2/c1-5-13(2,3)12(19)21-11-9-7-6-8-10(11)14(4,20)15(16,17)18;1-6-10(2,3)9(20)22-8-7-11(4,21)23-12(5,13(8,15)16)14(17,18)19;1-5-9(2,3)8(19)21-6-10(4)11(20,12(14,15)16)13(17,18)23-7-22-10;1-5-10(2,3)9(18)20-7(12(15,16)17)6-11(4,19)8(13)14;1-10(15,11(12,13)14)6-9-5-7-2-3-8(9)4-7;1-5-7(2,3)6(8)9-4/h10-11,20H,5-9H2,1-4H3;8,21H,6-7H2,1-5H3;20H,5-7H2,1-4H3;7-8,19H,5-6H2,1-4H3;7-9,15H,2-6H2,1H3;5H2,1-4H3. The molecule has 5 rings (SSSR count). The van der Waals surface area contributed by atoms with E-state index in [-0.39, 0.29) is 49.9 Å². The fraction of sp³-hybridized carbons (Fsp3) is 0.931. The van der Waals surface area contributed by atoms with E-state index >= 15 is 0 Å². The van der Waals surface area contributed by atoms with E-state index in [1.807, 2.05) is 27.7 Å². The zero-order valence-corrected chi connectivity index (χ0v) is 66.8. The number of methoxy groups -OCH3 is 1. The number of halogens is 21. The second kappa shape index (κ2) is 37.9. The van der Waals surface area contributed by atoms with E-state index in [2.05, 4.69) is 28.4 Å². The summed E-state index contributed by atoms with van der Waals surface area (Å²) in [6.45, 7) is 25.7. The van der Waals surface area contributed by atoms with Gasteiger partial charge in [-0.05, 0) is 206 Å². The summed E-state index contributed by atoms with van der Waals surface area (Å²) in [4.78, 5) is 58.4. The number of alkyl halides is 21. The van der Waals surface area contributed by atoms with Crippen molar-refractivity contribution in [3.63, 3.8) is 0 Å². The van der Waals surface area contributed by atoms with Gasteiger partial charge >= 0.3 is 72.8 Å². The molecule has 18 nitrogen and oxygen atoms in total. The summed E-state index contributed by atoms with van der Waals surface area (Å²) in [7, 11) is 1.42. The Balaban J connectivity index is 0.00000133. The zero-order chi connectivity index (χ0) is 88.4. The quantitative estimate of drug-likeness (QED) is 0.0406. The molecule has 2 bridgehead atoms. The second-order valence-electron chi connectivity index (χ2n) is 33.3. The van der Waals surface area contributed by atoms with Crippen LogP contribution in [0.15, 0.2) is 0 Å². The van der Waals surface area contributed by atoms with E-state index < -0.39 is 185 Å². The molecule has 0 amide bonds. The van der Waals surface area contributed by atoms with Gasteiger partial charge in [-0.1, -0.05) is 47.5 Å². The van der Waals surface area contributed by atoms with Crippen molar-refractivity contribution in [1.29, 1.82) is 0 Å². The van der Waals surface area contributed by atoms with Crippen molar-refractivity contribution in [2.24, 2.45) is 50.7 Å². The summed E-state index contributed by atoms with van der Waals surface area (Å²) in [6.07, 6.45) is -34.3. The smallest absolute Gasteiger partial charge is 0.429 e. The van der Waals surface area contributed by atoms with Gasteiger partial charge in [-0.2, -0.15) is 83.4 Å². The van der Waals surface area contributed by atoms with Crippen LogP contribution in [0.3, 0.4) is 0 Å². The largest absolute Gasteiger partial charge is 0.469 e. The predicted molar refractivity (Wildman–Crippen MR) is 356 cm³/mol. The van der Waals surface area contributed by atoms with Crippen LogP contribution in [0.1, 0.15) is 248 Å². The average Bonchev–Trinajstić information content (AvgIpc) is 0.992. The third-order valence-corrected chi connectivity index (χ3v) is 22.0. The maximum Gasteiger partial charge on any atom is 0.429 e. The highest BCUT2D eigenvalue weighted by Crippen LogP contribution is 2.57. The fourth-order valence-electron chi connectivity index (χ4n) is 11.4. The van der Waals surface area contributed by atoms with Crippen LogP contribution in [0.25, 0.3) is 0 Å². The monoisotopic (exact) mass is 1670 g/mol. The maximum absolute atomic E-state index is 14.4. The van der Waals surface area contributed by atoms with Crippen molar-refractivity contribution in [2.75, 3.05) is 20.5 Å². The number of fused-ring (bicyclic) bond motifs is 2. The highest BCUT2D eigenvalue weighted by molar-refractivity contribution is 5.77. The third-order valence-electron chi connectivity index (χ3n) is 22.0. The van der Waals surface area contributed by atoms with Crippen LogP contribution in [0.2, 0.25) is 0 Å². The minimum Gasteiger partial charge on any atom is -0.469 e. The average molecular weight is 1670 g/mol. The Morgan fingerprint density at radius 3 is 1.34 bits per heavy atom. The van der Waals surface area contributed by atoms with Crippen molar-refractivity contribution in [3.05, 3.63) is 0 Å². The van der Waals surface area contributed by atoms with E-state index in [4.69, 9.17) is 9.47 Å². The molecule has 3 saturated carbocycles. The Bertz CT molecular complexity index is 2980. The highest BCUT2D eigenvalue weighted by Gasteiger charge is 2.81. The molecule has 3 aliphatic carbocycles. The lowest BCUT2D eigenvalue weighted by Gasteiger charge is -2.50. The van der Waals surface area contributed by atoms with Crippen LogP contribution in [-0.4, -0.2) is 183 Å². The van der Waals surface area contributed by atoms with Gasteiger partial charge in [-0.25, -0.2) is 8.78 Å². The van der Waals surface area contributed by atoms with Crippen molar-refractivity contribution >= 4 is 29.8 Å². The minimum atomic E-state index is -5.79. The van der Waals surface area contributed by atoms with Gasteiger partial charge < -0.3 is 58.7 Å². The topological polar surface area (TPSA) is 260 Å². The van der Waals surface area contributed by atoms with Crippen molar-refractivity contribution in [3.8, 4) is 0 Å². The molecule has 5 N–H and O–H groups in total. The van der Waals surface area contributed by atoms with E-state index in [0.717, 1.165) is 46.5 Å². The molecular weight excluding hydrogens is 1550 g/mol. The number of rotatable bonds is 21. The van der Waals surface area contributed by atoms with Crippen LogP contribution in [0.5, 0.6) is 0 Å². The molecule has 5 fully saturated rings. The van der Waals surface area contributed by atoms with Crippen LogP contribution in [-0.2, 0) is 61.9 Å². The van der Waals surface area contributed by atoms with Gasteiger partial charge in [-0.15, -0.1) is 0 Å². The lowest BCUT2D eigenvalue weighted by Crippen LogP contribution is -2.76. The number of carbonyl (C=O) groups is 5. The van der Waals surface area contributed by atoms with Gasteiger partial charge in [0.25, 0.3) is 12.0 Å². The first-order valence-corrected chi connectivity index (χ1v) is 36.0. The number of aliphatic hydroxyl groups is 5. The first-order valence-electron chi connectivity index (χ1n) is 36.0. The van der Waals surface area contributed by atoms with Gasteiger partial charge in [0.05, 0.1) is 34.2 Å². The minimum absolute atomic E-state index is 0.0837. The molecule has 0 aromatic carbocycles. The Kier molecular flexibility index (Phi) is 36.4. The first-order chi connectivity index (χ1) is 49.2. The van der Waals surface area contributed by atoms with Gasteiger partial charge in [-0.3, -0.25) is 28.7 Å². The zero-order valence-electron chi connectivity index (χ0n) is 66.8. The molecule has 14 unspecified atom stereocenters. The SMILES string of the molecule is CC(O)(CC1CC2CCC1C2)C(F)(F)F.CCC(C)(C)C(=O)OC.CCC(C)(C)C(=O)OC(CC(C)(O)C(F)F)C(F)(F)F.CCC(C)(C)C(=O)OC1CC(C)(O)OC(C)(C(F)(F)F)C1(F)F.CCC(C)(C)C(=O)OC1CCCCC1C(C)(O)C(F)(F)F.CCC(C)(C)C(=O)OCC1(C)OCOC(F)(F)C1(O)C(F)(F)F. The highest BCUT2D eigenvalue weighted by atomic mass is 19.4. The fourth-order valence-corrected chi connectivity index (χ4v) is 11.4. The molecule has 0 spiro atoms. The normalized spacial score (nSPS) is 28.4. The molecule has 0 radical (unpaired) electrons. The summed E-state index contributed by atoms with van der Waals surface area (Å²) in [5.41, 5.74) is -24.2. The van der Waals surface area contributed by atoms with Gasteiger partial charge in [0.15, 0.2) is 36.0 Å². The van der Waals surface area contributed by atoms with Crippen molar-refractivity contribution in [2.45, 2.75) is 355 Å². The number of carbonyl (C=O) groups excluding carboxylic acids is 5. The van der Waals surface area contributed by atoms with Crippen LogP contribution >= 0.6 is 0 Å². The summed E-state index contributed by atoms with van der Waals surface area (Å²) >= 11 is 0. The molecule has 14 atom stereocenters. The van der Waals surface area contributed by atoms with E-state index in [1.165, 1.54) is 55.1 Å². The van der Waals surface area contributed by atoms with Crippen LogP contribution in [0.4, 0.5) is 92.2 Å². The van der Waals surface area contributed by atoms with Crippen molar-refractivity contribution < 1.29 is 180 Å². The van der Waals surface area contributed by atoms with Gasteiger partial charge in [0.2, 0.25) is 5.60 Å². The number of ether oxygens (including phenoxy) is 8.